The van der Waals surface area contributed by atoms with E-state index < -0.39 is 0 Å². The molecule has 5 heteroatoms. The first kappa shape index (κ1) is 15.4. The second-order valence-corrected chi connectivity index (χ2v) is 4.92. The minimum Gasteiger partial charge on any atom is -0.385 e. The normalized spacial score (nSPS) is 16.9. The summed E-state index contributed by atoms with van der Waals surface area (Å²) in [6.45, 7) is 4.97. The maximum atomic E-state index is 12.0. The van der Waals surface area contributed by atoms with Crippen LogP contribution in [0.3, 0.4) is 0 Å². The number of carbonyl (C=O) groups excluding carboxylic acids is 1. The van der Waals surface area contributed by atoms with E-state index in [1.54, 1.807) is 7.11 Å². The predicted molar refractivity (Wildman–Crippen MR) is 72.4 cm³/mol. The van der Waals surface area contributed by atoms with Gasteiger partial charge in [-0.25, -0.2) is 0 Å². The Hall–Kier alpha value is -0.650. The molecule has 0 spiro atoms. The fourth-order valence-corrected chi connectivity index (χ4v) is 2.10. The molecule has 1 unspecified atom stereocenters. The summed E-state index contributed by atoms with van der Waals surface area (Å²) in [5.74, 6) is 0.120. The number of nitrogens with one attached hydrogen (secondary N) is 1. The number of rotatable bonds is 10. The molecule has 0 aromatic heterocycles. The molecule has 5 nitrogen and oxygen atoms in total. The number of methoxy groups -OCH3 is 1. The summed E-state index contributed by atoms with van der Waals surface area (Å²) in [6, 6.07) is 0.544. The zero-order valence-electron chi connectivity index (χ0n) is 11.7. The maximum Gasteiger partial charge on any atom is 0.237 e. The van der Waals surface area contributed by atoms with Gasteiger partial charge in [0.1, 0.15) is 0 Å². The van der Waals surface area contributed by atoms with E-state index in [0.717, 1.165) is 19.4 Å². The molecular formula is C13H27N3O2. The molecule has 0 heterocycles. The van der Waals surface area contributed by atoms with Crippen molar-refractivity contribution >= 4 is 5.91 Å². The van der Waals surface area contributed by atoms with Crippen LogP contribution in [-0.2, 0) is 9.53 Å². The summed E-state index contributed by atoms with van der Waals surface area (Å²) < 4.78 is 4.96. The number of hydrogen-bond acceptors (Lipinski definition) is 4. The molecule has 0 aromatic carbocycles. The molecule has 106 valence electrons. The van der Waals surface area contributed by atoms with Gasteiger partial charge in [0.2, 0.25) is 5.91 Å². The fraction of sp³-hybridized carbons (Fsp3) is 0.923. The third kappa shape index (κ3) is 5.33. The third-order valence-corrected chi connectivity index (χ3v) is 3.34. The highest BCUT2D eigenvalue weighted by Gasteiger charge is 2.34. The number of hydrogen-bond donors (Lipinski definition) is 2. The van der Waals surface area contributed by atoms with Crippen LogP contribution in [0.5, 0.6) is 0 Å². The van der Waals surface area contributed by atoms with Crippen LogP contribution in [0.4, 0.5) is 0 Å². The largest absolute Gasteiger partial charge is 0.385 e. The van der Waals surface area contributed by atoms with Gasteiger partial charge in [-0.2, -0.15) is 0 Å². The van der Waals surface area contributed by atoms with Gasteiger partial charge >= 0.3 is 0 Å². The van der Waals surface area contributed by atoms with Gasteiger partial charge in [0.25, 0.3) is 0 Å². The van der Waals surface area contributed by atoms with Crippen LogP contribution in [0.25, 0.3) is 0 Å². The zero-order chi connectivity index (χ0) is 13.4. The van der Waals surface area contributed by atoms with Gasteiger partial charge in [0.05, 0.1) is 6.04 Å². The molecule has 0 aliphatic heterocycles. The van der Waals surface area contributed by atoms with Gasteiger partial charge in [0, 0.05) is 32.8 Å². The smallest absolute Gasteiger partial charge is 0.237 e. The van der Waals surface area contributed by atoms with Crippen molar-refractivity contribution in [3.05, 3.63) is 0 Å². The van der Waals surface area contributed by atoms with Crippen molar-refractivity contribution in [2.45, 2.75) is 44.7 Å². The van der Waals surface area contributed by atoms with E-state index in [1.165, 1.54) is 12.8 Å². The lowest BCUT2D eigenvalue weighted by Gasteiger charge is -2.28. The monoisotopic (exact) mass is 257 g/mol. The molecule has 1 aliphatic rings. The standard InChI is InChI=1S/C13H27N3O2/c1-11(13(17)15-8-4-10-18-2)16(9-3-7-14)12-5-6-12/h11-12H,3-10,14H2,1-2H3,(H,15,17). The van der Waals surface area contributed by atoms with Gasteiger partial charge in [-0.1, -0.05) is 0 Å². The van der Waals surface area contributed by atoms with Crippen molar-refractivity contribution in [3.8, 4) is 0 Å². The lowest BCUT2D eigenvalue weighted by Crippen LogP contribution is -2.47. The van der Waals surface area contributed by atoms with Crippen molar-refractivity contribution in [2.75, 3.05) is 33.4 Å². The van der Waals surface area contributed by atoms with E-state index in [1.807, 2.05) is 6.92 Å². The third-order valence-electron chi connectivity index (χ3n) is 3.34. The Labute approximate surface area is 110 Å². The van der Waals surface area contributed by atoms with Gasteiger partial charge < -0.3 is 15.8 Å². The molecular weight excluding hydrogens is 230 g/mol. The van der Waals surface area contributed by atoms with Crippen molar-refractivity contribution < 1.29 is 9.53 Å². The molecule has 3 N–H and O–H groups in total. The molecule has 0 saturated heterocycles. The molecule has 0 aromatic rings. The number of carbonyl (C=O) groups is 1. The van der Waals surface area contributed by atoms with Gasteiger partial charge in [-0.3, -0.25) is 9.69 Å². The Bertz CT molecular complexity index is 244. The van der Waals surface area contributed by atoms with E-state index in [-0.39, 0.29) is 11.9 Å². The highest BCUT2D eigenvalue weighted by Crippen LogP contribution is 2.28. The van der Waals surface area contributed by atoms with Crippen LogP contribution in [-0.4, -0.2) is 56.2 Å². The van der Waals surface area contributed by atoms with E-state index in [9.17, 15) is 4.79 Å². The van der Waals surface area contributed by atoms with Gasteiger partial charge in [-0.15, -0.1) is 0 Å². The average molecular weight is 257 g/mol. The minimum atomic E-state index is -0.0494. The summed E-state index contributed by atoms with van der Waals surface area (Å²) in [5, 5.41) is 2.96. The molecule has 1 saturated carbocycles. The van der Waals surface area contributed by atoms with Crippen LogP contribution < -0.4 is 11.1 Å². The first-order valence-electron chi connectivity index (χ1n) is 6.93. The molecule has 18 heavy (non-hydrogen) atoms. The summed E-state index contributed by atoms with van der Waals surface area (Å²) in [6.07, 6.45) is 4.25. The summed E-state index contributed by atoms with van der Waals surface area (Å²) in [5.41, 5.74) is 5.55. The molecule has 0 bridgehead atoms. The fourth-order valence-electron chi connectivity index (χ4n) is 2.10. The molecule has 0 radical (unpaired) electrons. The second-order valence-electron chi connectivity index (χ2n) is 4.92. The van der Waals surface area contributed by atoms with Gasteiger partial charge in [-0.05, 0) is 39.2 Å². The maximum absolute atomic E-state index is 12.0. The molecule has 1 aliphatic carbocycles. The van der Waals surface area contributed by atoms with Crippen molar-refractivity contribution in [2.24, 2.45) is 5.73 Å². The second kappa shape index (κ2) is 8.45. The van der Waals surface area contributed by atoms with Gasteiger partial charge in [0.15, 0.2) is 0 Å². The SMILES string of the molecule is COCCCNC(=O)C(C)N(CCCN)C1CC1. The van der Waals surface area contributed by atoms with E-state index >= 15 is 0 Å². The van der Waals surface area contributed by atoms with E-state index in [4.69, 9.17) is 10.5 Å². The number of ether oxygens (including phenoxy) is 1. The highest BCUT2D eigenvalue weighted by atomic mass is 16.5. The Kier molecular flexibility index (Phi) is 7.23. The van der Waals surface area contributed by atoms with Crippen molar-refractivity contribution in [1.82, 2.24) is 10.2 Å². The van der Waals surface area contributed by atoms with Crippen LogP contribution >= 0.6 is 0 Å². The van der Waals surface area contributed by atoms with E-state index in [0.29, 0.717) is 25.7 Å². The summed E-state index contributed by atoms with van der Waals surface area (Å²) in [7, 11) is 1.67. The predicted octanol–water partition coefficient (Wildman–Crippen LogP) is 0.341. The van der Waals surface area contributed by atoms with Crippen LogP contribution in [0.2, 0.25) is 0 Å². The number of nitrogens with two attached hydrogens (primary N) is 1. The molecule has 1 rings (SSSR count). The first-order valence-corrected chi connectivity index (χ1v) is 6.93. The number of nitrogens with zero attached hydrogens (tertiary/aromatic N) is 1. The van der Waals surface area contributed by atoms with Crippen molar-refractivity contribution in [3.63, 3.8) is 0 Å². The zero-order valence-corrected chi connectivity index (χ0v) is 11.7. The Balaban J connectivity index is 2.29. The van der Waals surface area contributed by atoms with Crippen LogP contribution in [0, 0.1) is 0 Å². The molecule has 1 atom stereocenters. The van der Waals surface area contributed by atoms with E-state index in [2.05, 4.69) is 10.2 Å². The highest BCUT2D eigenvalue weighted by molar-refractivity contribution is 5.81. The number of amides is 1. The topological polar surface area (TPSA) is 67.6 Å². The molecule has 1 amide bonds. The minimum absolute atomic E-state index is 0.0494. The average Bonchev–Trinajstić information content (AvgIpc) is 3.19. The lowest BCUT2D eigenvalue weighted by atomic mass is 10.2. The quantitative estimate of drug-likeness (QED) is 0.554. The Morgan fingerprint density at radius 3 is 2.78 bits per heavy atom. The van der Waals surface area contributed by atoms with Crippen LogP contribution in [0.15, 0.2) is 0 Å². The van der Waals surface area contributed by atoms with Crippen molar-refractivity contribution in [1.29, 1.82) is 0 Å². The Morgan fingerprint density at radius 2 is 2.22 bits per heavy atom. The summed E-state index contributed by atoms with van der Waals surface area (Å²) >= 11 is 0. The Morgan fingerprint density at radius 1 is 1.50 bits per heavy atom. The molecule has 1 fully saturated rings. The summed E-state index contributed by atoms with van der Waals surface area (Å²) in [4.78, 5) is 14.3. The van der Waals surface area contributed by atoms with Crippen LogP contribution in [0.1, 0.15) is 32.6 Å². The first-order chi connectivity index (χ1) is 8.70. The lowest BCUT2D eigenvalue weighted by molar-refractivity contribution is -0.126.